The zero-order valence-electron chi connectivity index (χ0n) is 18.3. The molecule has 0 bridgehead atoms. The molecule has 1 saturated heterocycles. The van der Waals surface area contributed by atoms with Gasteiger partial charge < -0.3 is 14.8 Å². The molecule has 5 nitrogen and oxygen atoms in total. The lowest BCUT2D eigenvalue weighted by molar-refractivity contribution is -0.139. The van der Waals surface area contributed by atoms with Crippen molar-refractivity contribution >= 4 is 11.6 Å². The van der Waals surface area contributed by atoms with Gasteiger partial charge in [0.05, 0.1) is 0 Å². The van der Waals surface area contributed by atoms with Crippen molar-refractivity contribution in [3.63, 3.8) is 0 Å². The topological polar surface area (TPSA) is 50.8 Å². The van der Waals surface area contributed by atoms with Crippen molar-refractivity contribution in [2.24, 2.45) is 11.8 Å². The van der Waals surface area contributed by atoms with Gasteiger partial charge in [0.1, 0.15) is 18.0 Å². The molecule has 0 aromatic heterocycles. The smallest absolute Gasteiger partial charge is 0.256 e. The van der Waals surface area contributed by atoms with Gasteiger partial charge in [0, 0.05) is 31.9 Å². The maximum Gasteiger partial charge on any atom is 0.256 e. The van der Waals surface area contributed by atoms with Gasteiger partial charge >= 0.3 is 0 Å². The first kappa shape index (κ1) is 22.7. The summed E-state index contributed by atoms with van der Waals surface area (Å²) in [5.74, 6) is 2.26. The van der Waals surface area contributed by atoms with Crippen LogP contribution in [0.1, 0.15) is 53.9 Å². The van der Waals surface area contributed by atoms with E-state index in [1.54, 1.807) is 0 Å². The van der Waals surface area contributed by atoms with E-state index in [-0.39, 0.29) is 5.91 Å². The lowest BCUT2D eigenvalue weighted by Crippen LogP contribution is -2.42. The lowest BCUT2D eigenvalue weighted by Gasteiger charge is -2.34. The number of ether oxygens (including phenoxy) is 2. The van der Waals surface area contributed by atoms with E-state index in [9.17, 15) is 4.79 Å². The zero-order chi connectivity index (χ0) is 20.6. The number of hydrogen-bond acceptors (Lipinski definition) is 4. The highest BCUT2D eigenvalue weighted by atomic mass is 16.5. The molecule has 1 amide bonds. The van der Waals surface area contributed by atoms with Gasteiger partial charge in [-0.25, -0.2) is 0 Å². The number of carbonyl (C=O) groups excluding carboxylic acids is 1. The van der Waals surface area contributed by atoms with E-state index < -0.39 is 5.60 Å². The first-order chi connectivity index (χ1) is 13.4. The largest absolute Gasteiger partial charge is 0.492 e. The summed E-state index contributed by atoms with van der Waals surface area (Å²) >= 11 is 0. The monoisotopic (exact) mass is 390 g/mol. The molecule has 1 aliphatic rings. The number of carbonyl (C=O) groups is 1. The van der Waals surface area contributed by atoms with Gasteiger partial charge in [-0.05, 0) is 62.8 Å². The number of nitrogens with one attached hydrogen (secondary N) is 1. The fourth-order valence-electron chi connectivity index (χ4n) is 4.21. The second-order valence-corrected chi connectivity index (χ2v) is 8.45. The highest BCUT2D eigenvalue weighted by Gasteiger charge is 2.32. The minimum atomic E-state index is -0.790. The molecule has 1 heterocycles. The van der Waals surface area contributed by atoms with Crippen molar-refractivity contribution in [1.29, 1.82) is 0 Å². The summed E-state index contributed by atoms with van der Waals surface area (Å²) in [5.41, 5.74) is -0.0282. The fraction of sp³-hybridized carbons (Fsp3) is 0.696. The van der Waals surface area contributed by atoms with E-state index in [0.717, 1.165) is 49.3 Å². The lowest BCUT2D eigenvalue weighted by atomic mass is 9.92. The van der Waals surface area contributed by atoms with Crippen LogP contribution in [-0.2, 0) is 9.53 Å². The third kappa shape index (κ3) is 6.78. The average molecular weight is 391 g/mol. The Morgan fingerprint density at radius 2 is 1.82 bits per heavy atom. The standard InChI is InChI=1S/C23H38N2O3/c1-6-12-23(5,28-7-2)22(26)24-20-8-10-21(11-9-20)27-14-13-25-16-18(3)15-19(4)17-25/h8-11,18-19H,6-7,12-17H2,1-5H3,(H,24,26)/t18-,19-,23-/m0/s1. The summed E-state index contributed by atoms with van der Waals surface area (Å²) in [6, 6.07) is 7.59. The summed E-state index contributed by atoms with van der Waals surface area (Å²) in [7, 11) is 0. The minimum absolute atomic E-state index is 0.0989. The third-order valence-electron chi connectivity index (χ3n) is 5.40. The summed E-state index contributed by atoms with van der Waals surface area (Å²) in [5, 5.41) is 2.97. The van der Waals surface area contributed by atoms with Crippen LogP contribution in [-0.4, -0.2) is 49.3 Å². The summed E-state index contributed by atoms with van der Waals surface area (Å²) < 4.78 is 11.6. The van der Waals surface area contributed by atoms with E-state index in [4.69, 9.17) is 9.47 Å². The SMILES string of the molecule is CCC[C@](C)(OCC)C(=O)Nc1ccc(OCCN2C[C@@H](C)C[C@H](C)C2)cc1. The number of benzene rings is 1. The molecular formula is C23H38N2O3. The molecule has 1 fully saturated rings. The molecule has 2 rings (SSSR count). The normalized spacial score (nSPS) is 22.5. The van der Waals surface area contributed by atoms with Gasteiger partial charge in [-0.3, -0.25) is 9.69 Å². The van der Waals surface area contributed by atoms with E-state index in [2.05, 4.69) is 31.0 Å². The first-order valence-corrected chi connectivity index (χ1v) is 10.8. The molecule has 1 aromatic carbocycles. The minimum Gasteiger partial charge on any atom is -0.492 e. The number of rotatable bonds is 10. The van der Waals surface area contributed by atoms with Gasteiger partial charge in [-0.15, -0.1) is 0 Å². The molecule has 0 spiro atoms. The van der Waals surface area contributed by atoms with Crippen LogP contribution in [0.25, 0.3) is 0 Å². The summed E-state index contributed by atoms with van der Waals surface area (Å²) in [6.07, 6.45) is 2.91. The molecular weight excluding hydrogens is 352 g/mol. The molecule has 158 valence electrons. The second kappa shape index (κ2) is 10.8. The van der Waals surface area contributed by atoms with Crippen LogP contribution in [0.5, 0.6) is 5.75 Å². The van der Waals surface area contributed by atoms with Crippen molar-refractivity contribution in [3.05, 3.63) is 24.3 Å². The molecule has 0 saturated carbocycles. The van der Waals surface area contributed by atoms with Gasteiger partial charge in [-0.2, -0.15) is 0 Å². The Morgan fingerprint density at radius 1 is 1.18 bits per heavy atom. The third-order valence-corrected chi connectivity index (χ3v) is 5.40. The predicted octanol–water partition coefficient (Wildman–Crippen LogP) is 4.58. The second-order valence-electron chi connectivity index (χ2n) is 8.45. The van der Waals surface area contributed by atoms with Gasteiger partial charge in [0.25, 0.3) is 5.91 Å². The molecule has 28 heavy (non-hydrogen) atoms. The molecule has 5 heteroatoms. The van der Waals surface area contributed by atoms with Crippen molar-refractivity contribution in [1.82, 2.24) is 4.90 Å². The number of nitrogens with zero attached hydrogens (tertiary/aromatic N) is 1. The summed E-state index contributed by atoms with van der Waals surface area (Å²) in [6.45, 7) is 15.0. The maximum atomic E-state index is 12.6. The van der Waals surface area contributed by atoms with Crippen molar-refractivity contribution in [2.75, 3.05) is 38.2 Å². The Morgan fingerprint density at radius 3 is 2.39 bits per heavy atom. The highest BCUT2D eigenvalue weighted by Crippen LogP contribution is 2.23. The van der Waals surface area contributed by atoms with Crippen LogP contribution < -0.4 is 10.1 Å². The fourth-order valence-corrected chi connectivity index (χ4v) is 4.21. The van der Waals surface area contributed by atoms with Crippen LogP contribution in [0.2, 0.25) is 0 Å². The zero-order valence-corrected chi connectivity index (χ0v) is 18.3. The van der Waals surface area contributed by atoms with Crippen molar-refractivity contribution < 1.29 is 14.3 Å². The maximum absolute atomic E-state index is 12.6. The predicted molar refractivity (Wildman–Crippen MR) is 115 cm³/mol. The van der Waals surface area contributed by atoms with Crippen molar-refractivity contribution in [2.45, 2.75) is 59.5 Å². The molecule has 1 aliphatic heterocycles. The van der Waals surface area contributed by atoms with E-state index in [1.165, 1.54) is 6.42 Å². The molecule has 1 aromatic rings. The molecule has 3 atom stereocenters. The molecule has 0 unspecified atom stereocenters. The number of amides is 1. The number of anilines is 1. The van der Waals surface area contributed by atoms with Crippen molar-refractivity contribution in [3.8, 4) is 5.75 Å². The molecule has 1 N–H and O–H groups in total. The van der Waals surface area contributed by atoms with Crippen LogP contribution >= 0.6 is 0 Å². The Labute approximate surface area is 170 Å². The Bertz CT molecular complexity index is 586. The number of hydrogen-bond donors (Lipinski definition) is 1. The van der Waals surface area contributed by atoms with E-state index in [1.807, 2.05) is 38.1 Å². The van der Waals surface area contributed by atoms with Crippen LogP contribution in [0.3, 0.4) is 0 Å². The molecule has 0 aliphatic carbocycles. The number of piperidine rings is 1. The van der Waals surface area contributed by atoms with Crippen LogP contribution in [0, 0.1) is 11.8 Å². The number of likely N-dealkylation sites (tertiary alicyclic amines) is 1. The Hall–Kier alpha value is -1.59. The van der Waals surface area contributed by atoms with Gasteiger partial charge in [0.2, 0.25) is 0 Å². The summed E-state index contributed by atoms with van der Waals surface area (Å²) in [4.78, 5) is 15.1. The van der Waals surface area contributed by atoms with E-state index in [0.29, 0.717) is 19.6 Å². The Kier molecular flexibility index (Phi) is 8.77. The molecule has 0 radical (unpaired) electrons. The van der Waals surface area contributed by atoms with Crippen LogP contribution in [0.4, 0.5) is 5.69 Å². The van der Waals surface area contributed by atoms with Crippen LogP contribution in [0.15, 0.2) is 24.3 Å². The average Bonchev–Trinajstić information content (AvgIpc) is 2.63. The highest BCUT2D eigenvalue weighted by molar-refractivity contribution is 5.97. The first-order valence-electron chi connectivity index (χ1n) is 10.8. The van der Waals surface area contributed by atoms with E-state index >= 15 is 0 Å². The van der Waals surface area contributed by atoms with Gasteiger partial charge in [-0.1, -0.05) is 27.2 Å². The quantitative estimate of drug-likeness (QED) is 0.635. The van der Waals surface area contributed by atoms with Gasteiger partial charge in [0.15, 0.2) is 0 Å². The Balaban J connectivity index is 1.81.